The number of carbonyl (C=O) groups is 1. The van der Waals surface area contributed by atoms with Crippen molar-refractivity contribution in [3.05, 3.63) is 89.9 Å². The van der Waals surface area contributed by atoms with E-state index in [1.807, 2.05) is 47.4 Å². The summed E-state index contributed by atoms with van der Waals surface area (Å²) in [5.41, 5.74) is 2.04. The van der Waals surface area contributed by atoms with E-state index in [1.165, 1.54) is 12.1 Å². The molecule has 0 bridgehead atoms. The second-order valence-electron chi connectivity index (χ2n) is 6.83. The monoisotopic (exact) mass is 414 g/mol. The Kier molecular flexibility index (Phi) is 7.97. The molecule has 158 valence electrons. The molecule has 1 amide bonds. The fourth-order valence-electron chi connectivity index (χ4n) is 3.08. The summed E-state index contributed by atoms with van der Waals surface area (Å²) in [6.45, 7) is -0.998. The summed E-state index contributed by atoms with van der Waals surface area (Å²) in [6.07, 6.45) is 2.21. The summed E-state index contributed by atoms with van der Waals surface area (Å²) in [4.78, 5) is 14.5. The minimum Gasteiger partial charge on any atom is -0.468 e. The van der Waals surface area contributed by atoms with E-state index >= 15 is 0 Å². The lowest BCUT2D eigenvalue weighted by atomic mass is 10.1. The Balaban J connectivity index is 1.48. The van der Waals surface area contributed by atoms with E-state index in [0.717, 1.165) is 16.9 Å². The molecule has 0 saturated carbocycles. The Morgan fingerprint density at radius 2 is 1.73 bits per heavy atom. The molecular formula is C23H24F2N2O3. The largest absolute Gasteiger partial charge is 0.468 e. The third kappa shape index (κ3) is 7.33. The van der Waals surface area contributed by atoms with Gasteiger partial charge in [0.15, 0.2) is 0 Å². The Morgan fingerprint density at radius 3 is 2.40 bits per heavy atom. The zero-order valence-electron chi connectivity index (χ0n) is 16.5. The summed E-state index contributed by atoms with van der Waals surface area (Å²) in [5.74, 6) is 0.826. The number of nitrogens with zero attached hydrogens (tertiary/aromatic N) is 1. The number of halogens is 2. The van der Waals surface area contributed by atoms with E-state index in [4.69, 9.17) is 4.42 Å². The van der Waals surface area contributed by atoms with Gasteiger partial charge in [0.25, 0.3) is 0 Å². The molecule has 1 N–H and O–H groups in total. The zero-order chi connectivity index (χ0) is 21.2. The molecule has 0 aliphatic rings. The molecule has 5 nitrogen and oxygen atoms in total. The first-order valence-electron chi connectivity index (χ1n) is 9.67. The number of amides is 1. The maximum atomic E-state index is 12.5. The maximum absolute atomic E-state index is 12.5. The molecule has 3 aromatic rings. The van der Waals surface area contributed by atoms with Crippen molar-refractivity contribution in [2.75, 3.05) is 13.1 Å². The molecule has 2 aromatic carbocycles. The van der Waals surface area contributed by atoms with Crippen LogP contribution in [0, 0.1) is 0 Å². The highest BCUT2D eigenvalue weighted by molar-refractivity contribution is 5.78. The van der Waals surface area contributed by atoms with Crippen LogP contribution in [0.25, 0.3) is 0 Å². The lowest BCUT2D eigenvalue weighted by Crippen LogP contribution is -2.37. The smallest absolute Gasteiger partial charge is 0.387 e. The summed E-state index contributed by atoms with van der Waals surface area (Å²) in [7, 11) is 0. The van der Waals surface area contributed by atoms with Crippen LogP contribution in [0.3, 0.4) is 0 Å². The third-order valence-electron chi connectivity index (χ3n) is 4.46. The molecule has 0 radical (unpaired) electrons. The van der Waals surface area contributed by atoms with Crippen molar-refractivity contribution in [2.45, 2.75) is 26.1 Å². The summed E-state index contributed by atoms with van der Waals surface area (Å²) in [6, 6.07) is 20.1. The van der Waals surface area contributed by atoms with Gasteiger partial charge in [-0.15, -0.1) is 0 Å². The van der Waals surface area contributed by atoms with E-state index in [-0.39, 0.29) is 18.2 Å². The molecule has 0 aliphatic heterocycles. The number of furan rings is 1. The fourth-order valence-corrected chi connectivity index (χ4v) is 3.08. The average molecular weight is 414 g/mol. The van der Waals surface area contributed by atoms with Gasteiger partial charge in [0.05, 0.1) is 19.4 Å². The number of carbonyl (C=O) groups excluding carboxylic acids is 1. The molecule has 0 unspecified atom stereocenters. The van der Waals surface area contributed by atoms with Crippen molar-refractivity contribution in [3.8, 4) is 5.75 Å². The summed E-state index contributed by atoms with van der Waals surface area (Å²) < 4.78 is 34.1. The van der Waals surface area contributed by atoms with E-state index in [0.29, 0.717) is 26.1 Å². The van der Waals surface area contributed by atoms with Crippen LogP contribution < -0.4 is 10.1 Å². The summed E-state index contributed by atoms with van der Waals surface area (Å²) in [5, 5.41) is 2.91. The highest BCUT2D eigenvalue weighted by atomic mass is 19.3. The normalized spacial score (nSPS) is 11.1. The molecule has 0 aliphatic carbocycles. The van der Waals surface area contributed by atoms with Gasteiger partial charge in [0, 0.05) is 13.1 Å². The molecule has 0 spiro atoms. The van der Waals surface area contributed by atoms with E-state index in [2.05, 4.69) is 10.1 Å². The van der Waals surface area contributed by atoms with Crippen molar-refractivity contribution in [2.24, 2.45) is 0 Å². The fraction of sp³-hybridized carbons (Fsp3) is 0.261. The number of hydrogen-bond donors (Lipinski definition) is 1. The molecule has 1 heterocycles. The summed E-state index contributed by atoms with van der Waals surface area (Å²) >= 11 is 0. The number of nitrogens with one attached hydrogen (secondary N) is 1. The number of hydrogen-bond acceptors (Lipinski definition) is 4. The SMILES string of the molecule is O=C(CN(Cc1ccccc1)Cc1ccco1)NCCc1ccc(OC(F)F)cc1. The predicted molar refractivity (Wildman–Crippen MR) is 109 cm³/mol. The van der Waals surface area contributed by atoms with Gasteiger partial charge in [0.1, 0.15) is 11.5 Å². The van der Waals surface area contributed by atoms with Crippen LogP contribution >= 0.6 is 0 Å². The highest BCUT2D eigenvalue weighted by Crippen LogP contribution is 2.15. The minimum absolute atomic E-state index is 0.0878. The molecular weight excluding hydrogens is 390 g/mol. The van der Waals surface area contributed by atoms with Gasteiger partial charge in [-0.25, -0.2) is 0 Å². The number of benzene rings is 2. The first-order valence-corrected chi connectivity index (χ1v) is 9.67. The second-order valence-corrected chi connectivity index (χ2v) is 6.83. The first-order chi connectivity index (χ1) is 14.6. The molecule has 0 atom stereocenters. The van der Waals surface area contributed by atoms with Gasteiger partial charge in [-0.3, -0.25) is 9.69 Å². The van der Waals surface area contributed by atoms with Crippen LogP contribution in [0.1, 0.15) is 16.9 Å². The standard InChI is InChI=1S/C23H24F2N2O3/c24-23(25)30-20-10-8-18(9-11-20)12-13-26-22(28)17-27(16-21-7-4-14-29-21)15-19-5-2-1-3-6-19/h1-11,14,23H,12-13,15-17H2,(H,26,28). The quantitative estimate of drug-likeness (QED) is 0.510. The lowest BCUT2D eigenvalue weighted by Gasteiger charge is -2.21. The highest BCUT2D eigenvalue weighted by Gasteiger charge is 2.13. The zero-order valence-corrected chi connectivity index (χ0v) is 16.5. The van der Waals surface area contributed by atoms with Gasteiger partial charge in [-0.1, -0.05) is 42.5 Å². The molecule has 7 heteroatoms. The predicted octanol–water partition coefficient (Wildman–Crippen LogP) is 4.24. The van der Waals surface area contributed by atoms with Crippen molar-refractivity contribution >= 4 is 5.91 Å². The van der Waals surface area contributed by atoms with Gasteiger partial charge in [-0.2, -0.15) is 8.78 Å². The third-order valence-corrected chi connectivity index (χ3v) is 4.46. The van der Waals surface area contributed by atoms with Gasteiger partial charge in [0.2, 0.25) is 5.91 Å². The lowest BCUT2D eigenvalue weighted by molar-refractivity contribution is -0.122. The Labute approximate surface area is 174 Å². The van der Waals surface area contributed by atoms with Gasteiger partial charge >= 0.3 is 6.61 Å². The number of alkyl halides is 2. The van der Waals surface area contributed by atoms with Crippen LogP contribution in [0.2, 0.25) is 0 Å². The van der Waals surface area contributed by atoms with Crippen LogP contribution in [-0.4, -0.2) is 30.5 Å². The van der Waals surface area contributed by atoms with Crippen molar-refractivity contribution < 1.29 is 22.7 Å². The molecule has 0 fully saturated rings. The van der Waals surface area contributed by atoms with Gasteiger partial charge < -0.3 is 14.5 Å². The van der Waals surface area contributed by atoms with E-state index in [1.54, 1.807) is 18.4 Å². The Morgan fingerprint density at radius 1 is 0.967 bits per heavy atom. The minimum atomic E-state index is -2.84. The first kappa shape index (κ1) is 21.5. The maximum Gasteiger partial charge on any atom is 0.387 e. The number of ether oxygens (including phenoxy) is 1. The molecule has 1 aromatic heterocycles. The Bertz CT molecular complexity index is 885. The van der Waals surface area contributed by atoms with Crippen LogP contribution in [-0.2, 0) is 24.3 Å². The molecule has 0 saturated heterocycles. The van der Waals surface area contributed by atoms with Crippen molar-refractivity contribution in [1.29, 1.82) is 0 Å². The average Bonchev–Trinajstić information content (AvgIpc) is 3.23. The van der Waals surface area contributed by atoms with E-state index < -0.39 is 6.61 Å². The van der Waals surface area contributed by atoms with Gasteiger partial charge in [-0.05, 0) is 41.8 Å². The van der Waals surface area contributed by atoms with E-state index in [9.17, 15) is 13.6 Å². The second kappa shape index (κ2) is 11.1. The Hall–Kier alpha value is -3.19. The van der Waals surface area contributed by atoms with Crippen molar-refractivity contribution in [3.63, 3.8) is 0 Å². The molecule has 3 rings (SSSR count). The van der Waals surface area contributed by atoms with Crippen LogP contribution in [0.4, 0.5) is 8.78 Å². The molecule has 30 heavy (non-hydrogen) atoms. The van der Waals surface area contributed by atoms with Crippen LogP contribution in [0.5, 0.6) is 5.75 Å². The van der Waals surface area contributed by atoms with Crippen LogP contribution in [0.15, 0.2) is 77.4 Å². The number of rotatable bonds is 11. The topological polar surface area (TPSA) is 54.7 Å². The van der Waals surface area contributed by atoms with Crippen molar-refractivity contribution in [1.82, 2.24) is 10.2 Å².